The average Bonchev–Trinajstić information content (AvgIpc) is 3.30. The molecule has 1 atom stereocenters. The number of morpholine rings is 1. The summed E-state index contributed by atoms with van der Waals surface area (Å²) in [5.41, 5.74) is 1.33. The molecule has 1 aromatic heterocycles. The highest BCUT2D eigenvalue weighted by Gasteiger charge is 2.45. The molecule has 2 aliphatic rings. The summed E-state index contributed by atoms with van der Waals surface area (Å²) in [7, 11) is 0. The largest absolute Gasteiger partial charge is 0.491 e. The van der Waals surface area contributed by atoms with Crippen LogP contribution >= 0.6 is 0 Å². The van der Waals surface area contributed by atoms with Crippen LogP contribution in [0.15, 0.2) is 48.5 Å². The first-order valence-electron chi connectivity index (χ1n) is 12.6. The second-order valence-electron chi connectivity index (χ2n) is 9.40. The van der Waals surface area contributed by atoms with E-state index in [1.165, 1.54) is 16.8 Å². The molecule has 0 bridgehead atoms. The van der Waals surface area contributed by atoms with Crippen LogP contribution < -0.4 is 10.1 Å². The standard InChI is InChI=1S/C27H30FN5O4/c1-19-24(30-31-33(19)22-11-9-21(28)10-12-22)25(34)32-15-17-37-27(18-32)13-5-4-7-20-6-2-3-8-23(20)36-16-14-29-26(27)35/h2-3,6,8-12H,4-5,7,13-18H2,1H3,(H,29,35). The zero-order valence-electron chi connectivity index (χ0n) is 20.8. The number of aryl methyl sites for hydroxylation is 1. The number of nitrogens with one attached hydrogen (secondary N) is 1. The molecule has 1 fully saturated rings. The summed E-state index contributed by atoms with van der Waals surface area (Å²) >= 11 is 0. The molecular weight excluding hydrogens is 477 g/mol. The topological polar surface area (TPSA) is 98.6 Å². The predicted octanol–water partition coefficient (Wildman–Crippen LogP) is 2.85. The van der Waals surface area contributed by atoms with E-state index < -0.39 is 5.60 Å². The Morgan fingerprint density at radius 1 is 1.11 bits per heavy atom. The number of aromatic nitrogens is 3. The first-order valence-corrected chi connectivity index (χ1v) is 12.6. The molecule has 5 rings (SSSR count). The van der Waals surface area contributed by atoms with Gasteiger partial charge in [-0.3, -0.25) is 9.59 Å². The Bertz CT molecular complexity index is 1280. The minimum Gasteiger partial charge on any atom is -0.491 e. The molecule has 0 aliphatic carbocycles. The monoisotopic (exact) mass is 507 g/mol. The van der Waals surface area contributed by atoms with E-state index in [4.69, 9.17) is 9.47 Å². The van der Waals surface area contributed by atoms with Gasteiger partial charge < -0.3 is 19.7 Å². The van der Waals surface area contributed by atoms with Crippen molar-refractivity contribution in [2.45, 2.75) is 38.2 Å². The van der Waals surface area contributed by atoms with Gasteiger partial charge in [-0.2, -0.15) is 0 Å². The fraction of sp³-hybridized carbons (Fsp3) is 0.407. The van der Waals surface area contributed by atoms with Gasteiger partial charge in [0.05, 0.1) is 31.1 Å². The summed E-state index contributed by atoms with van der Waals surface area (Å²) in [4.78, 5) is 28.5. The van der Waals surface area contributed by atoms with E-state index in [9.17, 15) is 14.0 Å². The number of halogens is 1. The SMILES string of the molecule is Cc1c(C(=O)N2CCOC3(CCCCc4ccccc4OCCNC3=O)C2)nnn1-c1ccc(F)cc1. The quantitative estimate of drug-likeness (QED) is 0.573. The van der Waals surface area contributed by atoms with E-state index in [-0.39, 0.29) is 36.5 Å². The van der Waals surface area contributed by atoms with Crippen LogP contribution in [0.25, 0.3) is 5.69 Å². The van der Waals surface area contributed by atoms with E-state index in [2.05, 4.69) is 21.7 Å². The van der Waals surface area contributed by atoms with Crippen LogP contribution in [0.5, 0.6) is 5.75 Å². The zero-order valence-corrected chi connectivity index (χ0v) is 20.8. The molecule has 2 aliphatic heterocycles. The number of carbonyl (C=O) groups is 2. The van der Waals surface area contributed by atoms with Crippen molar-refractivity contribution in [2.75, 3.05) is 32.8 Å². The van der Waals surface area contributed by atoms with Crippen molar-refractivity contribution in [3.8, 4) is 11.4 Å². The number of carbonyl (C=O) groups excluding carboxylic acids is 2. The Hall–Kier alpha value is -3.79. The highest BCUT2D eigenvalue weighted by Crippen LogP contribution is 2.28. The van der Waals surface area contributed by atoms with Gasteiger partial charge in [-0.25, -0.2) is 9.07 Å². The third kappa shape index (κ3) is 5.20. The van der Waals surface area contributed by atoms with Crippen molar-refractivity contribution in [3.05, 3.63) is 71.3 Å². The van der Waals surface area contributed by atoms with Gasteiger partial charge in [-0.05, 0) is 68.5 Å². The maximum atomic E-state index is 13.5. The van der Waals surface area contributed by atoms with E-state index in [1.54, 1.807) is 24.0 Å². The van der Waals surface area contributed by atoms with E-state index in [0.717, 1.165) is 30.6 Å². The summed E-state index contributed by atoms with van der Waals surface area (Å²) in [6.45, 7) is 3.12. The van der Waals surface area contributed by atoms with Crippen molar-refractivity contribution in [1.82, 2.24) is 25.2 Å². The van der Waals surface area contributed by atoms with Crippen LogP contribution in [0.4, 0.5) is 4.39 Å². The molecule has 3 aromatic rings. The smallest absolute Gasteiger partial charge is 0.276 e. The lowest BCUT2D eigenvalue weighted by molar-refractivity contribution is -0.159. The molecule has 37 heavy (non-hydrogen) atoms. The number of ether oxygens (including phenoxy) is 2. The van der Waals surface area contributed by atoms with Crippen LogP contribution in [-0.4, -0.2) is 70.2 Å². The van der Waals surface area contributed by atoms with Crippen LogP contribution in [0.3, 0.4) is 0 Å². The van der Waals surface area contributed by atoms with Crippen molar-refractivity contribution in [2.24, 2.45) is 0 Å². The number of amides is 2. The van der Waals surface area contributed by atoms with Gasteiger partial charge in [0.1, 0.15) is 18.2 Å². The van der Waals surface area contributed by atoms with Crippen molar-refractivity contribution >= 4 is 11.8 Å². The number of hydrogen-bond acceptors (Lipinski definition) is 6. The molecule has 194 valence electrons. The fourth-order valence-electron chi connectivity index (χ4n) is 4.93. The predicted molar refractivity (Wildman–Crippen MR) is 133 cm³/mol. The lowest BCUT2D eigenvalue weighted by Gasteiger charge is -2.41. The molecule has 0 saturated carbocycles. The minimum absolute atomic E-state index is 0.123. The maximum absolute atomic E-state index is 13.5. The first-order chi connectivity index (χ1) is 18.0. The number of para-hydroxylation sites is 1. The molecular formula is C27H30FN5O4. The second-order valence-corrected chi connectivity index (χ2v) is 9.40. The molecule has 1 unspecified atom stereocenters. The molecule has 0 radical (unpaired) electrons. The van der Waals surface area contributed by atoms with Crippen LogP contribution in [0, 0.1) is 12.7 Å². The Morgan fingerprint density at radius 3 is 2.76 bits per heavy atom. The summed E-state index contributed by atoms with van der Waals surface area (Å²) in [6.07, 6.45) is 2.94. The lowest BCUT2D eigenvalue weighted by atomic mass is 9.91. The number of hydrogen-bond donors (Lipinski definition) is 1. The molecule has 1 spiro atoms. The summed E-state index contributed by atoms with van der Waals surface area (Å²) in [5, 5.41) is 11.2. The lowest BCUT2D eigenvalue weighted by Crippen LogP contribution is -2.61. The van der Waals surface area contributed by atoms with Gasteiger partial charge in [0.2, 0.25) is 0 Å². The Kier molecular flexibility index (Phi) is 7.18. The minimum atomic E-state index is -1.15. The molecule has 1 N–H and O–H groups in total. The van der Waals surface area contributed by atoms with Gasteiger partial charge in [-0.1, -0.05) is 23.4 Å². The molecule has 1 saturated heterocycles. The normalized spacial score (nSPS) is 20.8. The van der Waals surface area contributed by atoms with E-state index in [1.807, 2.05) is 18.2 Å². The van der Waals surface area contributed by atoms with Crippen molar-refractivity contribution in [3.63, 3.8) is 0 Å². The van der Waals surface area contributed by atoms with Crippen LogP contribution in [0.1, 0.15) is 41.0 Å². The Balaban J connectivity index is 1.33. The fourth-order valence-corrected chi connectivity index (χ4v) is 4.93. The zero-order chi connectivity index (χ0) is 25.8. The van der Waals surface area contributed by atoms with Crippen molar-refractivity contribution in [1.29, 1.82) is 0 Å². The molecule has 2 amide bonds. The summed E-state index contributed by atoms with van der Waals surface area (Å²) < 4.78 is 26.8. The van der Waals surface area contributed by atoms with Gasteiger partial charge in [0.15, 0.2) is 11.3 Å². The Morgan fingerprint density at radius 2 is 1.92 bits per heavy atom. The second kappa shape index (κ2) is 10.7. The number of rotatable bonds is 2. The highest BCUT2D eigenvalue weighted by atomic mass is 19.1. The van der Waals surface area contributed by atoms with Gasteiger partial charge in [0.25, 0.3) is 11.8 Å². The van der Waals surface area contributed by atoms with Crippen LogP contribution in [0.2, 0.25) is 0 Å². The summed E-state index contributed by atoms with van der Waals surface area (Å²) in [6, 6.07) is 13.8. The van der Waals surface area contributed by atoms with Gasteiger partial charge in [-0.15, -0.1) is 5.10 Å². The molecule has 2 aromatic carbocycles. The first kappa shape index (κ1) is 24.9. The molecule has 3 heterocycles. The number of benzene rings is 2. The Labute approximate surface area is 214 Å². The highest BCUT2D eigenvalue weighted by molar-refractivity contribution is 5.94. The number of fused-ring (bicyclic) bond motifs is 1. The van der Waals surface area contributed by atoms with Gasteiger partial charge >= 0.3 is 0 Å². The van der Waals surface area contributed by atoms with Crippen molar-refractivity contribution < 1.29 is 23.5 Å². The van der Waals surface area contributed by atoms with E-state index >= 15 is 0 Å². The molecule has 10 heteroatoms. The number of nitrogens with zero attached hydrogens (tertiary/aromatic N) is 4. The van der Waals surface area contributed by atoms with E-state index in [0.29, 0.717) is 37.5 Å². The molecule has 9 nitrogen and oxygen atoms in total. The third-order valence-electron chi connectivity index (χ3n) is 6.95. The average molecular weight is 508 g/mol. The maximum Gasteiger partial charge on any atom is 0.276 e. The summed E-state index contributed by atoms with van der Waals surface area (Å²) in [5.74, 6) is -0.0665. The van der Waals surface area contributed by atoms with Gasteiger partial charge in [0, 0.05) is 6.54 Å². The third-order valence-corrected chi connectivity index (χ3v) is 6.95. The van der Waals surface area contributed by atoms with Crippen LogP contribution in [-0.2, 0) is 16.0 Å².